The van der Waals surface area contributed by atoms with E-state index in [2.05, 4.69) is 5.32 Å². The molecule has 1 unspecified atom stereocenters. The maximum absolute atomic E-state index is 12.3. The van der Waals surface area contributed by atoms with Crippen molar-refractivity contribution in [3.63, 3.8) is 0 Å². The van der Waals surface area contributed by atoms with Gasteiger partial charge in [0.1, 0.15) is 0 Å². The smallest absolute Gasteiger partial charge is 0.251 e. The molecule has 2 aromatic rings. The molecule has 0 saturated heterocycles. The van der Waals surface area contributed by atoms with Crippen LogP contribution in [-0.2, 0) is 0 Å². The van der Waals surface area contributed by atoms with Crippen LogP contribution in [0.15, 0.2) is 36.4 Å². The molecule has 0 aliphatic rings. The first kappa shape index (κ1) is 16.7. The predicted octanol–water partition coefficient (Wildman–Crippen LogP) is 3.09. The highest BCUT2D eigenvalue weighted by molar-refractivity contribution is 5.95. The van der Waals surface area contributed by atoms with Crippen LogP contribution in [0.3, 0.4) is 0 Å². The van der Waals surface area contributed by atoms with Gasteiger partial charge in [-0.2, -0.15) is 0 Å². The number of hydrogen-bond acceptors (Lipinski definition) is 4. The number of amides is 1. The summed E-state index contributed by atoms with van der Waals surface area (Å²) < 4.78 is 10.6. The number of hydrogen-bond donors (Lipinski definition) is 2. The zero-order valence-corrected chi connectivity index (χ0v) is 13.8. The van der Waals surface area contributed by atoms with Gasteiger partial charge in [-0.15, -0.1) is 0 Å². The third-order valence-electron chi connectivity index (χ3n) is 3.74. The number of nitrogens with two attached hydrogens (primary N) is 1. The molecule has 122 valence electrons. The number of aryl methyl sites for hydroxylation is 1. The van der Waals surface area contributed by atoms with Crippen molar-refractivity contribution in [2.45, 2.75) is 19.9 Å². The fourth-order valence-corrected chi connectivity index (χ4v) is 2.50. The van der Waals surface area contributed by atoms with Crippen LogP contribution in [-0.4, -0.2) is 20.1 Å². The van der Waals surface area contributed by atoms with Crippen LogP contribution in [0.4, 0.5) is 5.69 Å². The first-order chi connectivity index (χ1) is 11.0. The fraction of sp³-hybridized carbons (Fsp3) is 0.278. The highest BCUT2D eigenvalue weighted by Gasteiger charge is 2.16. The number of benzene rings is 2. The number of ether oxygens (including phenoxy) is 2. The van der Waals surface area contributed by atoms with Crippen molar-refractivity contribution in [3.8, 4) is 11.5 Å². The van der Waals surface area contributed by atoms with Crippen molar-refractivity contribution in [2.24, 2.45) is 0 Å². The minimum Gasteiger partial charge on any atom is -0.493 e. The molecule has 0 aliphatic heterocycles. The van der Waals surface area contributed by atoms with Crippen LogP contribution in [0.5, 0.6) is 11.5 Å². The fourth-order valence-electron chi connectivity index (χ4n) is 2.50. The summed E-state index contributed by atoms with van der Waals surface area (Å²) in [5, 5.41) is 2.98. The molecule has 0 bridgehead atoms. The molecule has 0 fully saturated rings. The van der Waals surface area contributed by atoms with E-state index >= 15 is 0 Å². The van der Waals surface area contributed by atoms with Crippen LogP contribution in [0.1, 0.15) is 34.5 Å². The molecule has 0 heterocycles. The summed E-state index contributed by atoms with van der Waals surface area (Å²) >= 11 is 0. The molecule has 0 aliphatic carbocycles. The van der Waals surface area contributed by atoms with E-state index < -0.39 is 0 Å². The van der Waals surface area contributed by atoms with Crippen LogP contribution in [0, 0.1) is 6.92 Å². The van der Waals surface area contributed by atoms with Gasteiger partial charge in [0.2, 0.25) is 0 Å². The SMILES string of the molecule is COc1cc(C)c(C(C)NC(=O)c2cccc(N)c2)cc1OC. The Bertz CT molecular complexity index is 713. The Morgan fingerprint density at radius 2 is 1.78 bits per heavy atom. The maximum atomic E-state index is 12.3. The number of carbonyl (C=O) groups excluding carboxylic acids is 1. The summed E-state index contributed by atoms with van der Waals surface area (Å²) in [4.78, 5) is 12.3. The van der Waals surface area contributed by atoms with Gasteiger partial charge in [0.15, 0.2) is 11.5 Å². The second-order valence-electron chi connectivity index (χ2n) is 5.38. The van der Waals surface area contributed by atoms with Crippen molar-refractivity contribution < 1.29 is 14.3 Å². The Balaban J connectivity index is 2.23. The molecular formula is C18H22N2O3. The van der Waals surface area contributed by atoms with Gasteiger partial charge in [-0.3, -0.25) is 4.79 Å². The number of methoxy groups -OCH3 is 2. The average Bonchev–Trinajstić information content (AvgIpc) is 2.54. The third-order valence-corrected chi connectivity index (χ3v) is 3.74. The van der Waals surface area contributed by atoms with E-state index in [9.17, 15) is 4.79 Å². The lowest BCUT2D eigenvalue weighted by Gasteiger charge is -2.19. The summed E-state index contributed by atoms with van der Waals surface area (Å²) in [5.74, 6) is 1.14. The van der Waals surface area contributed by atoms with Crippen LogP contribution in [0.2, 0.25) is 0 Å². The molecule has 0 aromatic heterocycles. The van der Waals surface area contributed by atoms with Gasteiger partial charge in [-0.05, 0) is 55.3 Å². The van der Waals surface area contributed by atoms with Crippen molar-refractivity contribution in [3.05, 3.63) is 53.1 Å². The maximum Gasteiger partial charge on any atom is 0.251 e. The quantitative estimate of drug-likeness (QED) is 0.832. The molecule has 3 N–H and O–H groups in total. The lowest BCUT2D eigenvalue weighted by Crippen LogP contribution is -2.27. The van der Waals surface area contributed by atoms with Crippen LogP contribution in [0.25, 0.3) is 0 Å². The zero-order chi connectivity index (χ0) is 17.0. The molecule has 2 aromatic carbocycles. The summed E-state index contributed by atoms with van der Waals surface area (Å²) in [6.07, 6.45) is 0. The van der Waals surface area contributed by atoms with E-state index in [0.29, 0.717) is 22.7 Å². The Labute approximate surface area is 136 Å². The minimum atomic E-state index is -0.177. The molecule has 0 radical (unpaired) electrons. The summed E-state index contributed by atoms with van der Waals surface area (Å²) in [5.41, 5.74) is 8.81. The van der Waals surface area contributed by atoms with Gasteiger partial charge in [0.25, 0.3) is 5.91 Å². The monoisotopic (exact) mass is 314 g/mol. The van der Waals surface area contributed by atoms with Gasteiger partial charge >= 0.3 is 0 Å². The van der Waals surface area contributed by atoms with Crippen molar-refractivity contribution in [1.82, 2.24) is 5.32 Å². The average molecular weight is 314 g/mol. The molecule has 1 atom stereocenters. The Kier molecular flexibility index (Phi) is 5.11. The van der Waals surface area contributed by atoms with Gasteiger partial charge in [0.05, 0.1) is 20.3 Å². The highest BCUT2D eigenvalue weighted by atomic mass is 16.5. The van der Waals surface area contributed by atoms with Gasteiger partial charge in [-0.1, -0.05) is 6.07 Å². The number of carbonyl (C=O) groups is 1. The second-order valence-corrected chi connectivity index (χ2v) is 5.38. The Morgan fingerprint density at radius 1 is 1.13 bits per heavy atom. The number of nitrogen functional groups attached to an aromatic ring is 1. The van der Waals surface area contributed by atoms with E-state index in [4.69, 9.17) is 15.2 Å². The van der Waals surface area contributed by atoms with E-state index in [0.717, 1.165) is 11.1 Å². The molecule has 23 heavy (non-hydrogen) atoms. The van der Waals surface area contributed by atoms with Gasteiger partial charge < -0.3 is 20.5 Å². The largest absolute Gasteiger partial charge is 0.493 e. The Morgan fingerprint density at radius 3 is 2.39 bits per heavy atom. The van der Waals surface area contributed by atoms with E-state index in [-0.39, 0.29) is 11.9 Å². The van der Waals surface area contributed by atoms with E-state index in [1.165, 1.54) is 0 Å². The molecule has 2 rings (SSSR count). The van der Waals surface area contributed by atoms with E-state index in [1.54, 1.807) is 38.5 Å². The predicted molar refractivity (Wildman–Crippen MR) is 91.0 cm³/mol. The zero-order valence-electron chi connectivity index (χ0n) is 13.8. The molecule has 1 amide bonds. The van der Waals surface area contributed by atoms with Crippen LogP contribution >= 0.6 is 0 Å². The normalized spacial score (nSPS) is 11.7. The molecule has 0 spiro atoms. The highest BCUT2D eigenvalue weighted by Crippen LogP contribution is 2.32. The molecule has 0 saturated carbocycles. The first-order valence-corrected chi connectivity index (χ1v) is 7.35. The molecule has 5 heteroatoms. The first-order valence-electron chi connectivity index (χ1n) is 7.35. The van der Waals surface area contributed by atoms with E-state index in [1.807, 2.05) is 26.0 Å². The van der Waals surface area contributed by atoms with Gasteiger partial charge in [0, 0.05) is 11.3 Å². The Hall–Kier alpha value is -2.69. The van der Waals surface area contributed by atoms with Crippen molar-refractivity contribution >= 4 is 11.6 Å². The minimum absolute atomic E-state index is 0.168. The summed E-state index contributed by atoms with van der Waals surface area (Å²) in [6, 6.07) is 10.5. The summed E-state index contributed by atoms with van der Waals surface area (Å²) in [6.45, 7) is 3.90. The van der Waals surface area contributed by atoms with Crippen LogP contribution < -0.4 is 20.5 Å². The third kappa shape index (κ3) is 3.74. The lowest BCUT2D eigenvalue weighted by molar-refractivity contribution is 0.0940. The number of nitrogens with one attached hydrogen (secondary N) is 1. The van der Waals surface area contributed by atoms with Gasteiger partial charge in [-0.25, -0.2) is 0 Å². The molecule has 5 nitrogen and oxygen atoms in total. The topological polar surface area (TPSA) is 73.6 Å². The number of rotatable bonds is 5. The summed E-state index contributed by atoms with van der Waals surface area (Å²) in [7, 11) is 3.19. The number of anilines is 1. The lowest BCUT2D eigenvalue weighted by atomic mass is 10.0. The second kappa shape index (κ2) is 7.05. The van der Waals surface area contributed by atoms with Crippen molar-refractivity contribution in [2.75, 3.05) is 20.0 Å². The van der Waals surface area contributed by atoms with Crippen molar-refractivity contribution in [1.29, 1.82) is 0 Å². The molecular weight excluding hydrogens is 292 g/mol. The standard InChI is InChI=1S/C18H22N2O3/c1-11-8-16(22-3)17(23-4)10-15(11)12(2)20-18(21)13-6-5-7-14(19)9-13/h5-10,12H,19H2,1-4H3,(H,20,21).